The van der Waals surface area contributed by atoms with E-state index >= 15 is 0 Å². The maximum atomic E-state index is 14.0. The number of benzene rings is 1. The summed E-state index contributed by atoms with van der Waals surface area (Å²) in [6.45, 7) is 3.95. The van der Waals surface area contributed by atoms with Crippen LogP contribution in [0.25, 0.3) is 22.3 Å². The van der Waals surface area contributed by atoms with Crippen LogP contribution in [-0.2, 0) is 4.79 Å². The van der Waals surface area contributed by atoms with E-state index in [1.165, 1.54) is 30.3 Å². The third-order valence-electron chi connectivity index (χ3n) is 6.94. The molecule has 1 saturated carbocycles. The molecule has 3 aromatic rings. The number of amides is 2. The molecule has 1 saturated heterocycles. The predicted molar refractivity (Wildman–Crippen MR) is 132 cm³/mol. The molecular formula is C26H30FN5O5. The number of aryl methyl sites for hydroxylation is 1. The van der Waals surface area contributed by atoms with E-state index in [0.717, 1.165) is 12.8 Å². The fraction of sp³-hybridized carbons (Fsp3) is 0.462. The minimum atomic E-state index is -1.15. The summed E-state index contributed by atoms with van der Waals surface area (Å²) in [7, 11) is 0. The first kappa shape index (κ1) is 25.1. The summed E-state index contributed by atoms with van der Waals surface area (Å²) in [6.07, 6.45) is 1.75. The zero-order chi connectivity index (χ0) is 26.3. The summed E-state index contributed by atoms with van der Waals surface area (Å²) in [4.78, 5) is 38.7. The number of fused-ring (bicyclic) bond motifs is 1. The zero-order valence-electron chi connectivity index (χ0n) is 20.7. The van der Waals surface area contributed by atoms with E-state index in [2.05, 4.69) is 20.3 Å². The number of carbonyl (C=O) groups is 2. The number of piperidine rings is 1. The number of nitrogens with one attached hydrogen (secondary N) is 2. The Kier molecular flexibility index (Phi) is 6.82. The van der Waals surface area contributed by atoms with E-state index in [9.17, 15) is 24.2 Å². The second-order valence-corrected chi connectivity index (χ2v) is 9.86. The lowest BCUT2D eigenvalue weighted by molar-refractivity contribution is -0.142. The molecule has 37 heavy (non-hydrogen) atoms. The van der Waals surface area contributed by atoms with Crippen molar-refractivity contribution in [3.8, 4) is 17.0 Å². The highest BCUT2D eigenvalue weighted by molar-refractivity contribution is 6.09. The number of hydrogen-bond donors (Lipinski definition) is 4. The number of H-pyrrole nitrogens is 1. The summed E-state index contributed by atoms with van der Waals surface area (Å²) >= 11 is 0. The number of aliphatic hydroxyl groups excluding tert-OH is 2. The van der Waals surface area contributed by atoms with Crippen molar-refractivity contribution in [2.45, 2.75) is 51.4 Å². The third kappa shape index (κ3) is 5.14. The lowest BCUT2D eigenvalue weighted by Gasteiger charge is -2.36. The Morgan fingerprint density at radius 3 is 2.78 bits per heavy atom. The van der Waals surface area contributed by atoms with E-state index in [-0.39, 0.29) is 6.54 Å². The summed E-state index contributed by atoms with van der Waals surface area (Å²) in [5.74, 6) is -0.426. The Bertz CT molecular complexity index is 1340. The van der Waals surface area contributed by atoms with Crippen LogP contribution < -0.4 is 10.1 Å². The van der Waals surface area contributed by atoms with Crippen molar-refractivity contribution in [3.63, 3.8) is 0 Å². The van der Waals surface area contributed by atoms with Crippen molar-refractivity contribution < 1.29 is 28.9 Å². The number of hydrogen-bond acceptors (Lipinski definition) is 7. The predicted octanol–water partition coefficient (Wildman–Crippen LogP) is 1.93. The van der Waals surface area contributed by atoms with Crippen LogP contribution in [0.4, 0.5) is 4.39 Å². The molecule has 3 heterocycles. The number of rotatable bonds is 7. The van der Waals surface area contributed by atoms with Crippen molar-refractivity contribution in [1.29, 1.82) is 0 Å². The summed E-state index contributed by atoms with van der Waals surface area (Å²) in [5, 5.41) is 23.0. The molecule has 11 heteroatoms. The van der Waals surface area contributed by atoms with Gasteiger partial charge in [-0.05, 0) is 51.2 Å². The number of aromatic amines is 1. The molecule has 0 spiro atoms. The molecule has 1 aliphatic heterocycles. The third-order valence-corrected chi connectivity index (χ3v) is 6.94. The fourth-order valence-corrected chi connectivity index (χ4v) is 4.71. The second kappa shape index (κ2) is 10.1. The second-order valence-electron chi connectivity index (χ2n) is 9.86. The monoisotopic (exact) mass is 511 g/mol. The Labute approximate surface area is 212 Å². The molecule has 0 unspecified atom stereocenters. The van der Waals surface area contributed by atoms with E-state index in [0.29, 0.717) is 64.8 Å². The van der Waals surface area contributed by atoms with Crippen LogP contribution >= 0.6 is 0 Å². The maximum absolute atomic E-state index is 14.0. The zero-order valence-corrected chi connectivity index (χ0v) is 20.7. The van der Waals surface area contributed by atoms with Gasteiger partial charge in [0.15, 0.2) is 0 Å². The summed E-state index contributed by atoms with van der Waals surface area (Å²) < 4.78 is 19.9. The number of nitrogens with zero attached hydrogens (tertiary/aromatic N) is 3. The molecule has 5 rings (SSSR count). The largest absolute Gasteiger partial charge is 0.492 e. The van der Waals surface area contributed by atoms with Gasteiger partial charge in [0.2, 0.25) is 0 Å². The van der Waals surface area contributed by atoms with Gasteiger partial charge >= 0.3 is 0 Å². The van der Waals surface area contributed by atoms with Gasteiger partial charge in [-0.25, -0.2) is 14.4 Å². The van der Waals surface area contributed by atoms with Crippen molar-refractivity contribution in [3.05, 3.63) is 41.6 Å². The summed E-state index contributed by atoms with van der Waals surface area (Å²) in [5.41, 5.74) is 2.87. The van der Waals surface area contributed by atoms with E-state index in [1.54, 1.807) is 13.0 Å². The summed E-state index contributed by atoms with van der Waals surface area (Å²) in [6, 6.07) is 3.71. The number of likely N-dealkylation sites (tertiary alicyclic amines) is 1. The Morgan fingerprint density at radius 2 is 2.08 bits per heavy atom. The van der Waals surface area contributed by atoms with Gasteiger partial charge in [-0.3, -0.25) is 9.59 Å². The SMILES string of the molecule is Cc1[nH]c2c(-c3ccc(F)cc3OCC3CC3)ncnc2c1C(=O)N[C@H]1CCN(C(=O)[C@H](C)O)C[C@H]1O. The Morgan fingerprint density at radius 1 is 1.30 bits per heavy atom. The van der Waals surface area contributed by atoms with Crippen LogP contribution in [0, 0.1) is 18.7 Å². The van der Waals surface area contributed by atoms with E-state index in [1.807, 2.05) is 0 Å². The standard InChI is InChI=1S/C26H30FN5O5/c1-13-21(25(35)31-18-7-8-32(10-19(18)34)26(36)14(2)33)23-24(30-13)22(28-12-29-23)17-6-5-16(27)9-20(17)37-11-15-3-4-15/h5-6,9,12,14-15,18-19,30,33-34H,3-4,7-8,10-11H2,1-2H3,(H,31,35)/t14-,18-,19+/m0/s1. The van der Waals surface area contributed by atoms with Crippen molar-refractivity contribution >= 4 is 22.8 Å². The Hall–Kier alpha value is -3.57. The van der Waals surface area contributed by atoms with Gasteiger partial charge in [0.1, 0.15) is 35.2 Å². The van der Waals surface area contributed by atoms with Gasteiger partial charge in [-0.1, -0.05) is 0 Å². The lowest BCUT2D eigenvalue weighted by Crippen LogP contribution is -2.56. The van der Waals surface area contributed by atoms with Crippen LogP contribution in [0.15, 0.2) is 24.5 Å². The highest BCUT2D eigenvalue weighted by atomic mass is 19.1. The average molecular weight is 512 g/mol. The minimum Gasteiger partial charge on any atom is -0.492 e. The van der Waals surface area contributed by atoms with Crippen LogP contribution in [-0.4, -0.2) is 79.8 Å². The van der Waals surface area contributed by atoms with Gasteiger partial charge < -0.3 is 30.2 Å². The first-order chi connectivity index (χ1) is 17.7. The molecule has 2 fully saturated rings. The fourth-order valence-electron chi connectivity index (χ4n) is 4.71. The number of carbonyl (C=O) groups excluding carboxylic acids is 2. The van der Waals surface area contributed by atoms with Gasteiger partial charge in [0.25, 0.3) is 11.8 Å². The molecule has 3 atom stereocenters. The average Bonchev–Trinajstić information content (AvgIpc) is 3.63. The van der Waals surface area contributed by atoms with E-state index in [4.69, 9.17) is 4.74 Å². The van der Waals surface area contributed by atoms with Crippen molar-refractivity contribution in [2.24, 2.45) is 5.92 Å². The smallest absolute Gasteiger partial charge is 0.255 e. The molecular weight excluding hydrogens is 481 g/mol. The number of halogens is 1. The van der Waals surface area contributed by atoms with Crippen molar-refractivity contribution in [1.82, 2.24) is 25.2 Å². The first-order valence-corrected chi connectivity index (χ1v) is 12.4. The highest BCUT2D eigenvalue weighted by Crippen LogP contribution is 2.36. The van der Waals surface area contributed by atoms with Crippen LogP contribution in [0.3, 0.4) is 0 Å². The number of β-amino-alcohol motifs (C(OH)–C–C–N with tert-alkyl or cyclic N) is 1. The molecule has 10 nitrogen and oxygen atoms in total. The van der Waals surface area contributed by atoms with Gasteiger partial charge in [-0.2, -0.15) is 0 Å². The molecule has 196 valence electrons. The quantitative estimate of drug-likeness (QED) is 0.380. The molecule has 4 N–H and O–H groups in total. The minimum absolute atomic E-state index is 0.0159. The number of aromatic nitrogens is 3. The molecule has 1 aromatic carbocycles. The van der Waals surface area contributed by atoms with E-state index < -0.39 is 35.9 Å². The van der Waals surface area contributed by atoms with Crippen molar-refractivity contribution in [2.75, 3.05) is 19.7 Å². The first-order valence-electron chi connectivity index (χ1n) is 12.4. The molecule has 0 bridgehead atoms. The molecule has 1 aliphatic carbocycles. The normalized spacial score (nSPS) is 20.6. The number of ether oxygens (including phenoxy) is 1. The molecule has 2 aliphatic rings. The molecule has 0 radical (unpaired) electrons. The molecule has 2 amide bonds. The van der Waals surface area contributed by atoms with Crippen LogP contribution in [0.2, 0.25) is 0 Å². The Balaban J connectivity index is 1.40. The van der Waals surface area contributed by atoms with Crippen LogP contribution in [0.5, 0.6) is 5.75 Å². The van der Waals surface area contributed by atoms with Crippen LogP contribution in [0.1, 0.15) is 42.2 Å². The van der Waals surface area contributed by atoms with Gasteiger partial charge in [0, 0.05) is 30.4 Å². The topological polar surface area (TPSA) is 141 Å². The van der Waals surface area contributed by atoms with Gasteiger partial charge in [-0.15, -0.1) is 0 Å². The highest BCUT2D eigenvalue weighted by Gasteiger charge is 2.33. The van der Waals surface area contributed by atoms with Gasteiger partial charge in [0.05, 0.1) is 29.8 Å². The lowest BCUT2D eigenvalue weighted by atomic mass is 10.0. The molecule has 2 aromatic heterocycles. The maximum Gasteiger partial charge on any atom is 0.255 e. The number of aliphatic hydroxyl groups is 2.